The molecule has 0 aliphatic heterocycles. The van der Waals surface area contributed by atoms with E-state index in [4.69, 9.17) is 20.1 Å². The van der Waals surface area contributed by atoms with Crippen LogP contribution in [0.15, 0.2) is 22.7 Å². The van der Waals surface area contributed by atoms with Crippen LogP contribution < -0.4 is 16.0 Å². The molecule has 0 aliphatic rings. The van der Waals surface area contributed by atoms with Crippen LogP contribution >= 0.6 is 15.9 Å². The number of halogens is 1. The van der Waals surface area contributed by atoms with E-state index in [1.807, 2.05) is 18.2 Å². The zero-order valence-corrected chi connectivity index (χ0v) is 13.6. The van der Waals surface area contributed by atoms with Gasteiger partial charge in [0, 0.05) is 24.2 Å². The predicted octanol–water partition coefficient (Wildman–Crippen LogP) is 1.89. The molecule has 0 fully saturated rings. The number of ether oxygens (including phenoxy) is 3. The quantitative estimate of drug-likeness (QED) is 0.384. The van der Waals surface area contributed by atoms with Gasteiger partial charge in [-0.15, -0.1) is 0 Å². The van der Waals surface area contributed by atoms with Gasteiger partial charge in [0.15, 0.2) is 0 Å². The average molecular weight is 347 g/mol. The molecule has 0 saturated carbocycles. The number of benzene rings is 1. The van der Waals surface area contributed by atoms with Gasteiger partial charge in [-0.2, -0.15) is 0 Å². The Hall–Kier alpha value is -0.660. The number of nitrogens with one attached hydrogen (secondary N) is 1. The SMILES string of the molecule is COCCOCCC(Cc1cc(OC)ccc1Br)NN. The molecule has 0 heterocycles. The molecule has 6 heteroatoms. The highest BCUT2D eigenvalue weighted by atomic mass is 79.9. The van der Waals surface area contributed by atoms with Crippen molar-refractivity contribution in [3.8, 4) is 5.75 Å². The van der Waals surface area contributed by atoms with E-state index in [9.17, 15) is 0 Å². The van der Waals surface area contributed by atoms with Gasteiger partial charge in [-0.3, -0.25) is 11.3 Å². The van der Waals surface area contributed by atoms with Gasteiger partial charge in [-0.1, -0.05) is 15.9 Å². The van der Waals surface area contributed by atoms with Crippen LogP contribution in [0.25, 0.3) is 0 Å². The van der Waals surface area contributed by atoms with Crippen LogP contribution in [0, 0.1) is 0 Å². The van der Waals surface area contributed by atoms with Crippen LogP contribution in [0.2, 0.25) is 0 Å². The van der Waals surface area contributed by atoms with Crippen molar-refractivity contribution in [1.82, 2.24) is 5.43 Å². The normalized spacial score (nSPS) is 12.4. The van der Waals surface area contributed by atoms with Crippen molar-refractivity contribution in [3.63, 3.8) is 0 Å². The summed E-state index contributed by atoms with van der Waals surface area (Å²) >= 11 is 3.55. The monoisotopic (exact) mass is 346 g/mol. The van der Waals surface area contributed by atoms with E-state index in [1.54, 1.807) is 14.2 Å². The standard InChI is InChI=1S/C14H23BrN2O3/c1-18-7-8-20-6-5-12(17-16)9-11-10-13(19-2)3-4-14(11)15/h3-4,10,12,17H,5-9,16H2,1-2H3. The molecule has 0 spiro atoms. The molecule has 3 N–H and O–H groups in total. The molecule has 20 heavy (non-hydrogen) atoms. The number of hydrazine groups is 1. The molecule has 1 aromatic carbocycles. The van der Waals surface area contributed by atoms with Crippen molar-refractivity contribution in [3.05, 3.63) is 28.2 Å². The summed E-state index contributed by atoms with van der Waals surface area (Å²) in [5.41, 5.74) is 3.99. The summed E-state index contributed by atoms with van der Waals surface area (Å²) in [7, 11) is 3.32. The smallest absolute Gasteiger partial charge is 0.119 e. The van der Waals surface area contributed by atoms with Gasteiger partial charge < -0.3 is 14.2 Å². The zero-order valence-electron chi connectivity index (χ0n) is 12.0. The predicted molar refractivity (Wildman–Crippen MR) is 82.8 cm³/mol. The maximum Gasteiger partial charge on any atom is 0.119 e. The Morgan fingerprint density at radius 1 is 1.25 bits per heavy atom. The minimum absolute atomic E-state index is 0.154. The van der Waals surface area contributed by atoms with E-state index in [-0.39, 0.29) is 6.04 Å². The fourth-order valence-electron chi connectivity index (χ4n) is 1.81. The molecule has 0 aliphatic carbocycles. The van der Waals surface area contributed by atoms with Crippen LogP contribution in [0.5, 0.6) is 5.75 Å². The second-order valence-corrected chi connectivity index (χ2v) is 5.27. The second-order valence-electron chi connectivity index (χ2n) is 4.42. The first-order chi connectivity index (χ1) is 9.71. The lowest BCUT2D eigenvalue weighted by Gasteiger charge is -2.17. The molecule has 0 amide bonds. The lowest BCUT2D eigenvalue weighted by Crippen LogP contribution is -2.37. The van der Waals surface area contributed by atoms with Crippen LogP contribution in [-0.2, 0) is 15.9 Å². The molecule has 1 atom stereocenters. The van der Waals surface area contributed by atoms with Crippen LogP contribution in [0.4, 0.5) is 0 Å². The fourth-order valence-corrected chi connectivity index (χ4v) is 2.22. The number of hydrogen-bond acceptors (Lipinski definition) is 5. The Labute approximate surface area is 128 Å². The Morgan fingerprint density at radius 3 is 2.70 bits per heavy atom. The highest BCUT2D eigenvalue weighted by Crippen LogP contribution is 2.24. The summed E-state index contributed by atoms with van der Waals surface area (Å²) in [6.45, 7) is 1.87. The highest BCUT2D eigenvalue weighted by molar-refractivity contribution is 9.10. The van der Waals surface area contributed by atoms with Gasteiger partial charge in [0.2, 0.25) is 0 Å². The molecule has 0 aromatic heterocycles. The van der Waals surface area contributed by atoms with Crippen molar-refractivity contribution in [2.45, 2.75) is 18.9 Å². The lowest BCUT2D eigenvalue weighted by atomic mass is 10.0. The third-order valence-corrected chi connectivity index (χ3v) is 3.77. The van der Waals surface area contributed by atoms with E-state index in [2.05, 4.69) is 21.4 Å². The summed E-state index contributed by atoms with van der Waals surface area (Å²) in [4.78, 5) is 0. The van der Waals surface area contributed by atoms with Crippen molar-refractivity contribution in [1.29, 1.82) is 0 Å². The van der Waals surface area contributed by atoms with Crippen molar-refractivity contribution in [2.24, 2.45) is 5.84 Å². The minimum atomic E-state index is 0.154. The Morgan fingerprint density at radius 2 is 2.05 bits per heavy atom. The zero-order chi connectivity index (χ0) is 14.8. The number of nitrogens with two attached hydrogens (primary N) is 1. The van der Waals surface area contributed by atoms with E-state index >= 15 is 0 Å². The summed E-state index contributed by atoms with van der Waals surface area (Å²) < 4.78 is 16.7. The van der Waals surface area contributed by atoms with Gasteiger partial charge in [-0.25, -0.2) is 0 Å². The third kappa shape index (κ3) is 6.19. The molecule has 0 radical (unpaired) electrons. The molecular weight excluding hydrogens is 324 g/mol. The second kappa shape index (κ2) is 10.1. The largest absolute Gasteiger partial charge is 0.497 e. The number of hydrogen-bond donors (Lipinski definition) is 2. The molecule has 1 aromatic rings. The van der Waals surface area contributed by atoms with Gasteiger partial charge in [0.25, 0.3) is 0 Å². The maximum atomic E-state index is 5.61. The summed E-state index contributed by atoms with van der Waals surface area (Å²) in [6.07, 6.45) is 1.64. The van der Waals surface area contributed by atoms with Gasteiger partial charge in [0.05, 0.1) is 20.3 Å². The molecule has 1 rings (SSSR count). The van der Waals surface area contributed by atoms with Gasteiger partial charge >= 0.3 is 0 Å². The molecule has 5 nitrogen and oxygen atoms in total. The first-order valence-electron chi connectivity index (χ1n) is 6.56. The van der Waals surface area contributed by atoms with E-state index < -0.39 is 0 Å². The van der Waals surface area contributed by atoms with E-state index in [1.165, 1.54) is 0 Å². The summed E-state index contributed by atoms with van der Waals surface area (Å²) in [5.74, 6) is 6.45. The van der Waals surface area contributed by atoms with Crippen molar-refractivity contribution < 1.29 is 14.2 Å². The van der Waals surface area contributed by atoms with Crippen LogP contribution in [0.3, 0.4) is 0 Å². The first-order valence-corrected chi connectivity index (χ1v) is 7.35. The maximum absolute atomic E-state index is 5.61. The van der Waals surface area contributed by atoms with Crippen molar-refractivity contribution in [2.75, 3.05) is 34.0 Å². The molecule has 114 valence electrons. The van der Waals surface area contributed by atoms with E-state index in [0.29, 0.717) is 19.8 Å². The van der Waals surface area contributed by atoms with Crippen LogP contribution in [0.1, 0.15) is 12.0 Å². The fraction of sp³-hybridized carbons (Fsp3) is 0.571. The minimum Gasteiger partial charge on any atom is -0.497 e. The summed E-state index contributed by atoms with van der Waals surface area (Å²) in [6, 6.07) is 6.07. The number of methoxy groups -OCH3 is 2. The lowest BCUT2D eigenvalue weighted by molar-refractivity contribution is 0.0658. The van der Waals surface area contributed by atoms with Crippen molar-refractivity contribution >= 4 is 15.9 Å². The molecule has 0 saturated heterocycles. The van der Waals surface area contributed by atoms with E-state index in [0.717, 1.165) is 28.6 Å². The first kappa shape index (κ1) is 17.4. The number of rotatable bonds is 10. The van der Waals surface area contributed by atoms with Gasteiger partial charge in [-0.05, 0) is 36.6 Å². The average Bonchev–Trinajstić information content (AvgIpc) is 2.47. The third-order valence-electron chi connectivity index (χ3n) is 3.00. The molecular formula is C14H23BrN2O3. The Balaban J connectivity index is 2.46. The summed E-state index contributed by atoms with van der Waals surface area (Å²) in [5, 5.41) is 0. The Bertz CT molecular complexity index is 391. The Kier molecular flexibility index (Phi) is 8.80. The highest BCUT2D eigenvalue weighted by Gasteiger charge is 2.11. The van der Waals surface area contributed by atoms with Gasteiger partial charge in [0.1, 0.15) is 5.75 Å². The van der Waals surface area contributed by atoms with Crippen LogP contribution in [-0.4, -0.2) is 40.1 Å². The molecule has 1 unspecified atom stereocenters. The topological polar surface area (TPSA) is 65.7 Å². The molecule has 0 bridgehead atoms.